The monoisotopic (exact) mass is 541 g/mol. The van der Waals surface area contributed by atoms with Crippen molar-refractivity contribution in [2.24, 2.45) is 5.92 Å². The lowest BCUT2D eigenvalue weighted by atomic mass is 9.87. The number of ether oxygens (including phenoxy) is 4. The number of hydrogen-bond donors (Lipinski definition) is 0. The van der Waals surface area contributed by atoms with Gasteiger partial charge in [-0.15, -0.1) is 0 Å². The van der Waals surface area contributed by atoms with Crippen molar-refractivity contribution in [3.8, 4) is 11.5 Å². The summed E-state index contributed by atoms with van der Waals surface area (Å²) in [5, 5.41) is 0. The van der Waals surface area contributed by atoms with Gasteiger partial charge in [-0.2, -0.15) is 0 Å². The molecule has 206 valence electrons. The molecule has 3 aromatic rings. The number of carbonyl (C=O) groups is 3. The second kappa shape index (κ2) is 13.5. The van der Waals surface area contributed by atoms with Crippen molar-refractivity contribution in [1.82, 2.24) is 4.98 Å². The van der Waals surface area contributed by atoms with Gasteiger partial charge in [0.2, 0.25) is 6.79 Å². The minimum atomic E-state index is -0.864. The first-order valence-electron chi connectivity index (χ1n) is 12.1. The molecule has 0 bridgehead atoms. The van der Waals surface area contributed by atoms with Gasteiger partial charge < -0.3 is 18.9 Å². The molecule has 0 saturated heterocycles. The lowest BCUT2D eigenvalue weighted by Crippen LogP contribution is -2.28. The Labute approximate surface area is 224 Å². The molecule has 0 fully saturated rings. The molecule has 2 aromatic carbocycles. The minimum Gasteiger partial charge on any atom is -0.493 e. The van der Waals surface area contributed by atoms with E-state index in [4.69, 9.17) is 18.9 Å². The van der Waals surface area contributed by atoms with E-state index in [1.807, 2.05) is 0 Å². The highest BCUT2D eigenvalue weighted by atomic mass is 19.1. The van der Waals surface area contributed by atoms with Crippen molar-refractivity contribution < 1.29 is 42.1 Å². The molecule has 0 amide bonds. The van der Waals surface area contributed by atoms with Crippen molar-refractivity contribution in [2.75, 3.05) is 13.9 Å². The van der Waals surface area contributed by atoms with E-state index in [1.54, 1.807) is 31.2 Å². The number of pyridine rings is 1. The quantitative estimate of drug-likeness (QED) is 0.174. The fourth-order valence-electron chi connectivity index (χ4n) is 4.00. The summed E-state index contributed by atoms with van der Waals surface area (Å²) in [6, 6.07) is 13.0. The third-order valence-electron chi connectivity index (χ3n) is 5.94. The first-order valence-corrected chi connectivity index (χ1v) is 12.1. The molecule has 0 radical (unpaired) electrons. The van der Waals surface area contributed by atoms with Crippen LogP contribution in [0.25, 0.3) is 0 Å². The van der Waals surface area contributed by atoms with E-state index in [9.17, 15) is 23.2 Å². The molecule has 39 heavy (non-hydrogen) atoms. The van der Waals surface area contributed by atoms with Crippen LogP contribution in [0, 0.1) is 17.6 Å². The van der Waals surface area contributed by atoms with E-state index in [2.05, 4.69) is 4.98 Å². The molecule has 2 atom stereocenters. The molecule has 0 aliphatic carbocycles. The molecular formula is C29H29F2NO7. The van der Waals surface area contributed by atoms with Crippen LogP contribution in [0.2, 0.25) is 0 Å². The molecule has 0 saturated carbocycles. The SMILES string of the molecule is COc1ccnc(C(=O)C[C@@H](C)C(=O)O[C@@H](C)C(c2ccc(F)cc2)c2ccc(F)cc2)c1OCOC(C)=O. The number of hydrogen-bond acceptors (Lipinski definition) is 8. The number of halogens is 2. The van der Waals surface area contributed by atoms with Crippen LogP contribution < -0.4 is 9.47 Å². The standard InChI is InChI=1S/C29H29F2NO7/c1-17(15-24(34)27-28(38-16-37-19(3)33)25(36-4)13-14-32-27)29(35)39-18(2)26(20-5-9-22(30)10-6-20)21-7-11-23(31)12-8-21/h5-14,17-18,26H,15-16H2,1-4H3/t17-,18+/m1/s1. The lowest BCUT2D eigenvalue weighted by Gasteiger charge is -2.26. The van der Waals surface area contributed by atoms with Gasteiger partial charge in [0.25, 0.3) is 0 Å². The predicted molar refractivity (Wildman–Crippen MR) is 136 cm³/mol. The average molecular weight is 542 g/mol. The number of benzene rings is 2. The van der Waals surface area contributed by atoms with Gasteiger partial charge >= 0.3 is 11.9 Å². The molecule has 8 nitrogen and oxygen atoms in total. The summed E-state index contributed by atoms with van der Waals surface area (Å²) in [6.45, 7) is 3.97. The van der Waals surface area contributed by atoms with Crippen LogP contribution >= 0.6 is 0 Å². The van der Waals surface area contributed by atoms with Crippen LogP contribution in [0.15, 0.2) is 60.8 Å². The van der Waals surface area contributed by atoms with Crippen LogP contribution in [-0.2, 0) is 19.1 Å². The number of nitrogens with zero attached hydrogens (tertiary/aromatic N) is 1. The van der Waals surface area contributed by atoms with Gasteiger partial charge in [0.1, 0.15) is 17.7 Å². The Hall–Kier alpha value is -4.34. The van der Waals surface area contributed by atoms with E-state index in [1.165, 1.54) is 57.5 Å². The summed E-state index contributed by atoms with van der Waals surface area (Å²) in [5.41, 5.74) is 1.24. The number of ketones is 1. The fraction of sp³-hybridized carbons (Fsp3) is 0.310. The number of carbonyl (C=O) groups excluding carboxylic acids is 3. The van der Waals surface area contributed by atoms with Gasteiger partial charge in [-0.3, -0.25) is 14.4 Å². The maximum absolute atomic E-state index is 13.6. The fourth-order valence-corrected chi connectivity index (χ4v) is 4.00. The Balaban J connectivity index is 1.75. The molecule has 10 heteroatoms. The van der Waals surface area contributed by atoms with Crippen molar-refractivity contribution >= 4 is 17.7 Å². The Morgan fingerprint density at radius 3 is 1.97 bits per heavy atom. The van der Waals surface area contributed by atoms with E-state index in [-0.39, 0.29) is 23.6 Å². The zero-order valence-corrected chi connectivity index (χ0v) is 22.0. The maximum Gasteiger partial charge on any atom is 0.309 e. The van der Waals surface area contributed by atoms with Crippen LogP contribution in [0.5, 0.6) is 11.5 Å². The zero-order valence-electron chi connectivity index (χ0n) is 22.0. The molecule has 0 aliphatic heterocycles. The summed E-state index contributed by atoms with van der Waals surface area (Å²) in [5.74, 6) is -3.77. The van der Waals surface area contributed by atoms with Crippen molar-refractivity contribution in [3.05, 3.63) is 89.2 Å². The number of Topliss-reactive ketones (excluding diaryl/α,β-unsaturated/α-hetero) is 1. The van der Waals surface area contributed by atoms with Gasteiger partial charge in [-0.1, -0.05) is 31.2 Å². The third kappa shape index (κ3) is 7.83. The Bertz CT molecular complexity index is 1250. The lowest BCUT2D eigenvalue weighted by molar-refractivity contribution is -0.153. The van der Waals surface area contributed by atoms with Crippen molar-refractivity contribution in [2.45, 2.75) is 39.2 Å². The highest BCUT2D eigenvalue weighted by Gasteiger charge is 2.29. The molecule has 1 aromatic heterocycles. The molecular weight excluding hydrogens is 512 g/mol. The second-order valence-electron chi connectivity index (χ2n) is 8.84. The van der Waals surface area contributed by atoms with Gasteiger partial charge in [0, 0.05) is 31.5 Å². The molecule has 1 heterocycles. The van der Waals surface area contributed by atoms with E-state index >= 15 is 0 Å². The zero-order chi connectivity index (χ0) is 28.5. The minimum absolute atomic E-state index is 0.0205. The summed E-state index contributed by atoms with van der Waals surface area (Å²) in [7, 11) is 1.38. The first-order chi connectivity index (χ1) is 18.6. The smallest absolute Gasteiger partial charge is 0.309 e. The summed E-state index contributed by atoms with van der Waals surface area (Å²) in [6.07, 6.45) is 0.364. The van der Waals surface area contributed by atoms with Crippen LogP contribution in [-0.4, -0.2) is 42.7 Å². The van der Waals surface area contributed by atoms with E-state index in [0.29, 0.717) is 11.1 Å². The third-order valence-corrected chi connectivity index (χ3v) is 5.94. The topological polar surface area (TPSA) is 101 Å². The summed E-state index contributed by atoms with van der Waals surface area (Å²) < 4.78 is 48.3. The number of esters is 2. The van der Waals surface area contributed by atoms with Gasteiger partial charge in [0.05, 0.1) is 13.0 Å². The first kappa shape index (κ1) is 29.2. The molecule has 0 aliphatic rings. The molecule has 0 N–H and O–H groups in total. The van der Waals surface area contributed by atoms with Crippen molar-refractivity contribution in [3.63, 3.8) is 0 Å². The van der Waals surface area contributed by atoms with Crippen LogP contribution in [0.1, 0.15) is 54.7 Å². The second-order valence-corrected chi connectivity index (χ2v) is 8.84. The highest BCUT2D eigenvalue weighted by Crippen LogP contribution is 2.33. The van der Waals surface area contributed by atoms with E-state index in [0.717, 1.165) is 0 Å². The normalized spacial score (nSPS) is 12.4. The van der Waals surface area contributed by atoms with Crippen LogP contribution in [0.4, 0.5) is 8.78 Å². The largest absolute Gasteiger partial charge is 0.493 e. The summed E-state index contributed by atoms with van der Waals surface area (Å²) in [4.78, 5) is 41.3. The molecule has 0 spiro atoms. The van der Waals surface area contributed by atoms with Gasteiger partial charge in [0.15, 0.2) is 23.0 Å². The molecule has 3 rings (SSSR count). The number of methoxy groups -OCH3 is 1. The molecule has 0 unspecified atom stereocenters. The maximum atomic E-state index is 13.6. The van der Waals surface area contributed by atoms with Crippen molar-refractivity contribution in [1.29, 1.82) is 0 Å². The Kier molecular flexibility index (Phi) is 10.1. The number of rotatable bonds is 12. The van der Waals surface area contributed by atoms with E-state index < -0.39 is 54.1 Å². The summed E-state index contributed by atoms with van der Waals surface area (Å²) >= 11 is 0. The van der Waals surface area contributed by atoms with Crippen LogP contribution in [0.3, 0.4) is 0 Å². The predicted octanol–water partition coefficient (Wildman–Crippen LogP) is 5.24. The average Bonchev–Trinajstić information content (AvgIpc) is 2.90. The highest BCUT2D eigenvalue weighted by molar-refractivity contribution is 5.99. The Morgan fingerprint density at radius 2 is 1.46 bits per heavy atom. The Morgan fingerprint density at radius 1 is 0.897 bits per heavy atom. The van der Waals surface area contributed by atoms with Gasteiger partial charge in [-0.05, 0) is 42.3 Å². The number of aromatic nitrogens is 1. The van der Waals surface area contributed by atoms with Gasteiger partial charge in [-0.25, -0.2) is 13.8 Å².